The summed E-state index contributed by atoms with van der Waals surface area (Å²) in [7, 11) is -1.81. The van der Waals surface area contributed by atoms with Gasteiger partial charge in [-0.25, -0.2) is 18.1 Å². The van der Waals surface area contributed by atoms with Gasteiger partial charge < -0.3 is 10.1 Å². The first kappa shape index (κ1) is 23.2. The minimum absolute atomic E-state index is 0.180. The summed E-state index contributed by atoms with van der Waals surface area (Å²) < 4.78 is 34.9. The number of benzene rings is 1. The summed E-state index contributed by atoms with van der Waals surface area (Å²) in [5, 5.41) is 7.90. The third-order valence-electron chi connectivity index (χ3n) is 5.86. The van der Waals surface area contributed by atoms with Crippen molar-refractivity contribution in [2.45, 2.75) is 44.9 Å². The molecule has 1 aliphatic rings. The first-order chi connectivity index (χ1) is 15.7. The Morgan fingerprint density at radius 2 is 1.82 bits per heavy atom. The number of carbonyl (C=O) groups excluding carboxylic acids is 1. The summed E-state index contributed by atoms with van der Waals surface area (Å²) in [6, 6.07) is 6.75. The summed E-state index contributed by atoms with van der Waals surface area (Å²) >= 11 is 0. The topological polar surface area (TPSA) is 106 Å². The second kappa shape index (κ2) is 9.11. The number of ether oxygens (including phenoxy) is 1. The SMILES string of the molecule is Cc1cc(C)c2c(OCC(=O)Nc3cc(S(=O)(=O)N4CCCCC4)ccc3C)nn(C)c2n1. The third-order valence-corrected chi connectivity index (χ3v) is 7.76. The number of pyridine rings is 1. The fraction of sp³-hybridized carbons (Fsp3) is 0.435. The number of rotatable bonds is 6. The first-order valence-electron chi connectivity index (χ1n) is 11.0. The lowest BCUT2D eigenvalue weighted by Crippen LogP contribution is -2.35. The summed E-state index contributed by atoms with van der Waals surface area (Å²) in [5.41, 5.74) is 3.74. The molecule has 1 aliphatic heterocycles. The largest absolute Gasteiger partial charge is 0.466 e. The highest BCUT2D eigenvalue weighted by Gasteiger charge is 2.26. The van der Waals surface area contributed by atoms with Crippen molar-refractivity contribution in [3.05, 3.63) is 41.1 Å². The van der Waals surface area contributed by atoms with Crippen molar-refractivity contribution in [1.29, 1.82) is 0 Å². The molecule has 1 fully saturated rings. The van der Waals surface area contributed by atoms with E-state index in [0.29, 0.717) is 30.3 Å². The van der Waals surface area contributed by atoms with Crippen LogP contribution in [-0.2, 0) is 21.9 Å². The fourth-order valence-corrected chi connectivity index (χ4v) is 5.66. The van der Waals surface area contributed by atoms with E-state index in [9.17, 15) is 13.2 Å². The molecule has 33 heavy (non-hydrogen) atoms. The lowest BCUT2D eigenvalue weighted by atomic mass is 10.2. The smallest absolute Gasteiger partial charge is 0.262 e. The number of aryl methyl sites for hydroxylation is 4. The average Bonchev–Trinajstić information content (AvgIpc) is 3.10. The Hall–Kier alpha value is -2.98. The van der Waals surface area contributed by atoms with Crippen molar-refractivity contribution < 1.29 is 17.9 Å². The third kappa shape index (κ3) is 4.72. The lowest BCUT2D eigenvalue weighted by Gasteiger charge is -2.26. The van der Waals surface area contributed by atoms with E-state index >= 15 is 0 Å². The molecular formula is C23H29N5O4S. The van der Waals surface area contributed by atoms with Crippen LogP contribution < -0.4 is 10.1 Å². The molecule has 3 aromatic rings. The molecule has 0 bridgehead atoms. The minimum Gasteiger partial charge on any atom is -0.466 e. The van der Waals surface area contributed by atoms with Crippen molar-refractivity contribution in [1.82, 2.24) is 19.1 Å². The highest BCUT2D eigenvalue weighted by Crippen LogP contribution is 2.28. The summed E-state index contributed by atoms with van der Waals surface area (Å²) in [4.78, 5) is 17.3. The molecule has 4 rings (SSSR count). The second-order valence-corrected chi connectivity index (χ2v) is 10.4. The van der Waals surface area contributed by atoms with Crippen molar-refractivity contribution in [2.24, 2.45) is 7.05 Å². The quantitative estimate of drug-likeness (QED) is 0.592. The van der Waals surface area contributed by atoms with Gasteiger partial charge in [0, 0.05) is 31.5 Å². The van der Waals surface area contributed by atoms with Crippen LogP contribution in [-0.4, -0.2) is 53.1 Å². The molecular weight excluding hydrogens is 442 g/mol. The number of nitrogens with one attached hydrogen (secondary N) is 1. The van der Waals surface area contributed by atoms with Gasteiger partial charge in [-0.1, -0.05) is 12.5 Å². The lowest BCUT2D eigenvalue weighted by molar-refractivity contribution is -0.118. The number of piperidine rings is 1. The predicted octanol–water partition coefficient (Wildman–Crippen LogP) is 3.09. The molecule has 1 N–H and O–H groups in total. The van der Waals surface area contributed by atoms with E-state index in [2.05, 4.69) is 15.4 Å². The van der Waals surface area contributed by atoms with Gasteiger partial charge in [-0.05, 0) is 62.9 Å². The van der Waals surface area contributed by atoms with Crippen molar-refractivity contribution in [3.8, 4) is 5.88 Å². The number of hydrogen-bond donors (Lipinski definition) is 1. The van der Waals surface area contributed by atoms with Crippen molar-refractivity contribution in [2.75, 3.05) is 25.0 Å². The molecule has 3 heterocycles. The molecule has 0 spiro atoms. The molecule has 0 unspecified atom stereocenters. The molecule has 10 heteroatoms. The summed E-state index contributed by atoms with van der Waals surface area (Å²) in [6.45, 7) is 6.47. The molecule has 2 aromatic heterocycles. The Labute approximate surface area is 193 Å². The Balaban J connectivity index is 1.49. The standard InChI is InChI=1S/C23H29N5O4S/c1-15-8-9-18(33(30,31)28-10-6-5-7-11-28)13-19(15)25-20(29)14-32-23-21-16(2)12-17(3)24-22(21)27(4)26-23/h8-9,12-13H,5-7,10-11,14H2,1-4H3,(H,25,29). The summed E-state index contributed by atoms with van der Waals surface area (Å²) in [6.07, 6.45) is 2.77. The number of fused-ring (bicyclic) bond motifs is 1. The second-order valence-electron chi connectivity index (χ2n) is 8.49. The van der Waals surface area contributed by atoms with Crippen LogP contribution >= 0.6 is 0 Å². The van der Waals surface area contributed by atoms with Gasteiger partial charge in [0.1, 0.15) is 0 Å². The molecule has 176 valence electrons. The van der Waals surface area contributed by atoms with E-state index < -0.39 is 15.9 Å². The number of aromatic nitrogens is 3. The predicted molar refractivity (Wildman–Crippen MR) is 126 cm³/mol. The number of carbonyl (C=O) groups is 1. The van der Waals surface area contributed by atoms with Gasteiger partial charge in [0.25, 0.3) is 5.91 Å². The van der Waals surface area contributed by atoms with Crippen LogP contribution in [0.3, 0.4) is 0 Å². The number of anilines is 1. The molecule has 0 saturated carbocycles. The van der Waals surface area contributed by atoms with Gasteiger partial charge in [0.05, 0.1) is 10.3 Å². The van der Waals surface area contributed by atoms with Gasteiger partial charge in [0.2, 0.25) is 15.9 Å². The van der Waals surface area contributed by atoms with E-state index in [-0.39, 0.29) is 11.5 Å². The van der Waals surface area contributed by atoms with Crippen molar-refractivity contribution >= 4 is 32.7 Å². The molecule has 0 atom stereocenters. The van der Waals surface area contributed by atoms with Crippen LogP contribution in [0.5, 0.6) is 5.88 Å². The number of amides is 1. The highest BCUT2D eigenvalue weighted by molar-refractivity contribution is 7.89. The van der Waals surface area contributed by atoms with Gasteiger partial charge >= 0.3 is 0 Å². The molecule has 1 saturated heterocycles. The van der Waals surface area contributed by atoms with Crippen LogP contribution in [0.2, 0.25) is 0 Å². The minimum atomic E-state index is -3.59. The highest BCUT2D eigenvalue weighted by atomic mass is 32.2. The van der Waals surface area contributed by atoms with Crippen LogP contribution in [0.15, 0.2) is 29.2 Å². The zero-order valence-corrected chi connectivity index (χ0v) is 20.2. The van der Waals surface area contributed by atoms with Crippen LogP contribution in [0.25, 0.3) is 11.0 Å². The van der Waals surface area contributed by atoms with Gasteiger partial charge in [0.15, 0.2) is 12.3 Å². The normalized spacial score (nSPS) is 15.0. The van der Waals surface area contributed by atoms with Crippen LogP contribution in [0, 0.1) is 20.8 Å². The Bertz CT molecular complexity index is 1310. The van der Waals surface area contributed by atoms with E-state index in [0.717, 1.165) is 41.5 Å². The van der Waals surface area contributed by atoms with Crippen molar-refractivity contribution in [3.63, 3.8) is 0 Å². The maximum absolute atomic E-state index is 13.0. The average molecular weight is 472 g/mol. The van der Waals surface area contributed by atoms with Crippen LogP contribution in [0.4, 0.5) is 5.69 Å². The Morgan fingerprint density at radius 3 is 2.55 bits per heavy atom. The van der Waals surface area contributed by atoms with E-state index in [1.54, 1.807) is 23.9 Å². The fourth-order valence-electron chi connectivity index (χ4n) is 4.12. The molecule has 1 aromatic carbocycles. The molecule has 0 radical (unpaired) electrons. The van der Waals surface area contributed by atoms with Gasteiger partial charge in [-0.15, -0.1) is 5.10 Å². The zero-order chi connectivity index (χ0) is 23.8. The van der Waals surface area contributed by atoms with Gasteiger partial charge in [-0.2, -0.15) is 4.31 Å². The van der Waals surface area contributed by atoms with Crippen LogP contribution in [0.1, 0.15) is 36.1 Å². The zero-order valence-electron chi connectivity index (χ0n) is 19.4. The summed E-state index contributed by atoms with van der Waals surface area (Å²) in [5.74, 6) is -0.0621. The molecule has 9 nitrogen and oxygen atoms in total. The van der Waals surface area contributed by atoms with E-state index in [1.807, 2.05) is 26.8 Å². The maximum Gasteiger partial charge on any atom is 0.262 e. The monoisotopic (exact) mass is 471 g/mol. The first-order valence-corrected chi connectivity index (χ1v) is 12.5. The van der Waals surface area contributed by atoms with E-state index in [1.165, 1.54) is 10.4 Å². The Kier molecular flexibility index (Phi) is 6.40. The number of nitrogens with zero attached hydrogens (tertiary/aromatic N) is 4. The molecule has 0 aliphatic carbocycles. The van der Waals surface area contributed by atoms with Gasteiger partial charge in [-0.3, -0.25) is 4.79 Å². The maximum atomic E-state index is 13.0. The number of hydrogen-bond acceptors (Lipinski definition) is 6. The molecule has 1 amide bonds. The van der Waals surface area contributed by atoms with E-state index in [4.69, 9.17) is 4.74 Å². The number of sulfonamides is 1. The Morgan fingerprint density at radius 1 is 1.09 bits per heavy atom.